The van der Waals surface area contributed by atoms with Crippen molar-refractivity contribution in [3.8, 4) is 11.5 Å². The lowest BCUT2D eigenvalue weighted by molar-refractivity contribution is 0.0212. The Balaban J connectivity index is 0.000000822. The molecule has 1 aliphatic carbocycles. The predicted octanol–water partition coefficient (Wildman–Crippen LogP) is 41.2. The maximum Gasteiger partial charge on any atom is 0.167 e. The number of benzene rings is 10. The first kappa shape index (κ1) is 136. The van der Waals surface area contributed by atoms with Crippen molar-refractivity contribution in [2.45, 2.75) is 350 Å². The number of rotatable bonds is 20. The SMILES string of the molecule is C.C.C.C.C.C.C.C.C.C.CC(C)Cc1ccc2[nH]ncc2c1.CC(C)Cc1ccc2c(c1)CCC2.CC(C)Cc1ccc2c(c1)OCC(C)(C)O2.CC(C)Cc1ccc2c(cnn2C)c1.CC(C)Cc1ccc2oncc2c1.CC(C)Cc1ccc2sncc2c1.Cc1cc2cc(CC(C)C)ccc2o1.Cc1cc2cc(CC(C)C)ccc2s1.Cc1noc2ccc(CC(C)C)cc12.Cc1oc2ccc(CC(C)C)cc2c1C. The van der Waals surface area contributed by atoms with Crippen molar-refractivity contribution < 1.29 is 27.4 Å². The Hall–Kier alpha value is -11.4. The summed E-state index contributed by atoms with van der Waals surface area (Å²) >= 11 is 3.44. The van der Waals surface area contributed by atoms with E-state index in [1.54, 1.807) is 28.9 Å². The Labute approximate surface area is 912 Å². The number of fused-ring (bicyclic) bond motifs is 10. The Kier molecular flexibility index (Phi) is 59.2. The van der Waals surface area contributed by atoms with E-state index in [-0.39, 0.29) is 79.9 Å². The fraction of sp³-hybridized carbons (Fsp3) is 0.470. The van der Waals surface area contributed by atoms with Gasteiger partial charge in [0.2, 0.25) is 0 Å². The van der Waals surface area contributed by atoms with Crippen molar-refractivity contribution in [1.82, 2.24) is 34.7 Å². The average molecular weight is 2070 g/mol. The summed E-state index contributed by atoms with van der Waals surface area (Å²) in [5, 5.41) is 28.7. The molecule has 149 heavy (non-hydrogen) atoms. The number of hydrogen-bond donors (Lipinski definition) is 1. The molecule has 0 radical (unpaired) electrons. The smallest absolute Gasteiger partial charge is 0.167 e. The summed E-state index contributed by atoms with van der Waals surface area (Å²) in [4.78, 5) is 1.40. The zero-order valence-electron chi connectivity index (χ0n) is 88.9. The van der Waals surface area contributed by atoms with Crippen LogP contribution in [0.3, 0.4) is 0 Å². The molecular formula is C134H199N7O6S2. The van der Waals surface area contributed by atoms with Crippen molar-refractivity contribution in [2.75, 3.05) is 6.61 Å². The molecule has 0 saturated heterocycles. The van der Waals surface area contributed by atoms with E-state index in [1.807, 2.05) is 94.5 Å². The van der Waals surface area contributed by atoms with Gasteiger partial charge in [-0.15, -0.1) is 11.3 Å². The van der Waals surface area contributed by atoms with E-state index in [1.165, 1.54) is 145 Å². The van der Waals surface area contributed by atoms with Gasteiger partial charge >= 0.3 is 0 Å². The highest BCUT2D eigenvalue weighted by Gasteiger charge is 2.28. The number of aryl methyl sites for hydroxylation is 8. The summed E-state index contributed by atoms with van der Waals surface area (Å²) in [5.41, 5.74) is 25.4. The number of nitrogens with one attached hydrogen (secondary N) is 1. The first-order chi connectivity index (χ1) is 66.2. The van der Waals surface area contributed by atoms with Crippen LogP contribution in [-0.4, -0.2) is 46.9 Å². The van der Waals surface area contributed by atoms with E-state index in [4.69, 9.17) is 27.4 Å². The van der Waals surface area contributed by atoms with E-state index in [0.29, 0.717) is 48.0 Å². The number of aromatic nitrogens is 7. The van der Waals surface area contributed by atoms with Crippen LogP contribution in [0.25, 0.3) is 85.9 Å². The third-order valence-electron chi connectivity index (χ3n) is 24.1. The number of nitrogens with zero attached hydrogens (tertiary/aromatic N) is 6. The maximum atomic E-state index is 5.85. The number of thiophene rings is 1. The van der Waals surface area contributed by atoms with Gasteiger partial charge in [-0.2, -0.15) is 14.6 Å². The third kappa shape index (κ3) is 43.1. The monoisotopic (exact) mass is 2070 g/mol. The highest BCUT2D eigenvalue weighted by molar-refractivity contribution is 7.19. The number of furan rings is 2. The standard InChI is InChI=1S/C14H20O2.C14H18O.C13H16O.C13H16S.C13H18.C12H16N2.C12H15NO.C11H14N2.C11H13NO.C11H13NS.10CH4/c1-10(2)7-11-5-6-12-13(8-11)15-9-14(3,4)16-12;1-9(2)7-12-5-6-14-13(8-12)10(3)11(4)15-14;2*1-9(2)6-11-4-5-13-12(8-11)7-10(3)14-13;1-10(2)8-11-6-7-12-4-3-5-13(12)9-11;1-9(2)6-10-4-5-12-11(7-10)8-13-14(12)3;1-8(2)6-10-4-5-12-11(7-10)9(3)13-14-12;3*1-8(2)5-9-3-4-11-10(6-9)7-12-13-11;;;;;;;;;;/h5-6,8,10H,7,9H2,1-4H3;5-6,8-9H,7H2,1-4H3;2*4-5,7-9H,6H2,1-3H3;6-7,9-10H,3-5,8H2,1-2H3;4-5,7-9H,6H2,1-3H3;4-5,7-8H,6H2,1-3H3;3-4,6-8H,5H2,1-2H3,(H,12,13);2*3-4,6-8H,5H2,1-2H3;10*1H4. The molecule has 818 valence electrons. The summed E-state index contributed by atoms with van der Waals surface area (Å²) in [5.74, 6) is 10.9. The molecule has 0 unspecified atom stereocenters. The molecule has 2 aliphatic rings. The van der Waals surface area contributed by atoms with E-state index in [9.17, 15) is 0 Å². The van der Waals surface area contributed by atoms with Gasteiger partial charge in [0.15, 0.2) is 22.7 Å². The van der Waals surface area contributed by atoms with Crippen LogP contribution in [0.2, 0.25) is 0 Å². The van der Waals surface area contributed by atoms with Crippen molar-refractivity contribution >= 4 is 109 Å². The molecule has 0 fully saturated rings. The minimum Gasteiger partial charge on any atom is -0.486 e. The van der Waals surface area contributed by atoms with E-state index in [2.05, 4.69) is 358 Å². The normalized spacial score (nSPS) is 11.6. The van der Waals surface area contributed by atoms with Crippen molar-refractivity contribution in [3.05, 3.63) is 313 Å². The predicted molar refractivity (Wildman–Crippen MR) is 660 cm³/mol. The second-order valence-electron chi connectivity index (χ2n) is 43.4. The second kappa shape index (κ2) is 65.0. The van der Waals surface area contributed by atoms with Gasteiger partial charge in [-0.05, 0) is 396 Å². The quantitative estimate of drug-likeness (QED) is 0.0775. The number of aromatic amines is 1. The lowest BCUT2D eigenvalue weighted by Crippen LogP contribution is -2.38. The molecule has 0 saturated carbocycles. The van der Waals surface area contributed by atoms with Crippen LogP contribution >= 0.6 is 22.9 Å². The van der Waals surface area contributed by atoms with Crippen LogP contribution < -0.4 is 9.47 Å². The first-order valence-corrected chi connectivity index (χ1v) is 52.6. The minimum absolute atomic E-state index is 0. The third-order valence-corrected chi connectivity index (χ3v) is 25.9. The first-order valence-electron chi connectivity index (χ1n) is 51.1. The number of H-pyrrole nitrogens is 1. The molecule has 8 aromatic heterocycles. The van der Waals surface area contributed by atoms with Crippen LogP contribution in [0.4, 0.5) is 0 Å². The molecule has 20 rings (SSSR count). The fourth-order valence-electron chi connectivity index (χ4n) is 17.9. The van der Waals surface area contributed by atoms with Crippen LogP contribution in [0.5, 0.6) is 11.5 Å². The van der Waals surface area contributed by atoms with Gasteiger partial charge in [0, 0.05) is 60.5 Å². The van der Waals surface area contributed by atoms with Crippen LogP contribution in [-0.2, 0) is 84.1 Å². The highest BCUT2D eigenvalue weighted by Crippen LogP contribution is 2.38. The Morgan fingerprint density at radius 2 is 0.785 bits per heavy atom. The molecule has 1 aliphatic heterocycles. The summed E-state index contributed by atoms with van der Waals surface area (Å²) in [6.07, 6.45) is 22.9. The van der Waals surface area contributed by atoms with Crippen molar-refractivity contribution in [1.29, 1.82) is 0 Å². The molecular weight excluding hydrogens is 1870 g/mol. The molecule has 9 heterocycles. The molecule has 10 aromatic carbocycles. The summed E-state index contributed by atoms with van der Waals surface area (Å²) in [6.45, 7) is 59.9. The molecule has 0 spiro atoms. The largest absolute Gasteiger partial charge is 0.486 e. The molecule has 18 aromatic rings. The van der Waals surface area contributed by atoms with E-state index < -0.39 is 0 Å². The maximum absolute atomic E-state index is 5.85. The molecule has 1 N–H and O–H groups in total. The van der Waals surface area contributed by atoms with E-state index in [0.717, 1.165) is 136 Å². The second-order valence-corrected chi connectivity index (χ2v) is 45.5. The summed E-state index contributed by atoms with van der Waals surface area (Å²) in [7, 11) is 1.98. The Bertz CT molecular complexity index is 6530. The molecule has 0 bridgehead atoms. The van der Waals surface area contributed by atoms with Gasteiger partial charge in [-0.3, -0.25) is 9.78 Å². The minimum atomic E-state index is -0.216. The zero-order chi connectivity index (χ0) is 100. The number of hydrogen-bond acceptors (Lipinski definition) is 13. The van der Waals surface area contributed by atoms with Crippen molar-refractivity contribution in [3.63, 3.8) is 0 Å². The lowest BCUT2D eigenvalue weighted by Gasteiger charge is -2.32. The Morgan fingerprint density at radius 1 is 0.356 bits per heavy atom. The van der Waals surface area contributed by atoms with Gasteiger partial charge in [-0.1, -0.05) is 302 Å². The molecule has 0 atom stereocenters. The zero-order valence-corrected chi connectivity index (χ0v) is 90.5. The molecule has 13 nitrogen and oxygen atoms in total. The Morgan fingerprint density at radius 3 is 1.34 bits per heavy atom. The van der Waals surface area contributed by atoms with E-state index >= 15 is 0 Å². The van der Waals surface area contributed by atoms with Crippen molar-refractivity contribution in [2.24, 2.45) is 66.2 Å². The van der Waals surface area contributed by atoms with Gasteiger partial charge in [0.25, 0.3) is 0 Å². The summed E-state index contributed by atoms with van der Waals surface area (Å²) in [6, 6.07) is 69.8. The van der Waals surface area contributed by atoms with Crippen LogP contribution in [0.1, 0.15) is 327 Å². The molecule has 0 amide bonds. The van der Waals surface area contributed by atoms with Gasteiger partial charge in [-0.25, -0.2) is 0 Å². The average Bonchev–Trinajstić information content (AvgIpc) is 1.17. The highest BCUT2D eigenvalue weighted by atomic mass is 32.1. The lowest BCUT2D eigenvalue weighted by atomic mass is 9.99. The van der Waals surface area contributed by atoms with Gasteiger partial charge < -0.3 is 27.4 Å². The van der Waals surface area contributed by atoms with Crippen LogP contribution in [0, 0.1) is 93.8 Å². The van der Waals surface area contributed by atoms with Gasteiger partial charge in [0.05, 0.1) is 40.0 Å². The fourth-order valence-corrected chi connectivity index (χ4v) is 19.5. The van der Waals surface area contributed by atoms with Gasteiger partial charge in [0.1, 0.15) is 34.9 Å². The molecule has 15 heteroatoms. The summed E-state index contributed by atoms with van der Waals surface area (Å²) < 4.78 is 41.7. The number of ether oxygens (including phenoxy) is 2. The topological polar surface area (TPSA) is 156 Å². The van der Waals surface area contributed by atoms with Crippen LogP contribution in [0.15, 0.2) is 237 Å².